The van der Waals surface area contributed by atoms with E-state index in [4.69, 9.17) is 4.74 Å². The molecule has 0 aromatic heterocycles. The predicted octanol–water partition coefficient (Wildman–Crippen LogP) is 0.766. The van der Waals surface area contributed by atoms with Crippen LogP contribution in [0.15, 0.2) is 0 Å². The van der Waals surface area contributed by atoms with Crippen molar-refractivity contribution in [3.05, 3.63) is 0 Å². The van der Waals surface area contributed by atoms with Gasteiger partial charge < -0.3 is 15.0 Å². The van der Waals surface area contributed by atoms with Crippen LogP contribution in [-0.4, -0.2) is 49.2 Å². The minimum Gasteiger partial charge on any atom is -0.380 e. The van der Waals surface area contributed by atoms with Crippen LogP contribution in [0.2, 0.25) is 0 Å². The van der Waals surface area contributed by atoms with Gasteiger partial charge in [-0.3, -0.25) is 4.79 Å². The average Bonchev–Trinajstić information content (AvgIpc) is 2.62. The zero-order valence-electron chi connectivity index (χ0n) is 10.6. The normalized spacial score (nSPS) is 35.6. The molecule has 1 amide bonds. The summed E-state index contributed by atoms with van der Waals surface area (Å²) in [5.41, 5.74) is 0.297. The van der Waals surface area contributed by atoms with Gasteiger partial charge in [-0.25, -0.2) is 0 Å². The molecule has 3 fully saturated rings. The number of nitrogens with zero attached hydrogens (tertiary/aromatic N) is 1. The van der Waals surface area contributed by atoms with Gasteiger partial charge in [-0.1, -0.05) is 6.92 Å². The van der Waals surface area contributed by atoms with Crippen LogP contribution in [0, 0.1) is 5.41 Å². The summed E-state index contributed by atoms with van der Waals surface area (Å²) in [7, 11) is 0. The van der Waals surface area contributed by atoms with Gasteiger partial charge in [-0.05, 0) is 19.3 Å². The third-order valence-electron chi connectivity index (χ3n) is 4.42. The van der Waals surface area contributed by atoms with Crippen molar-refractivity contribution in [3.8, 4) is 0 Å². The maximum Gasteiger partial charge on any atom is 0.224 e. The Bertz CT molecular complexity index is 315. The Morgan fingerprint density at radius 1 is 1.47 bits per heavy atom. The van der Waals surface area contributed by atoms with Crippen molar-refractivity contribution in [2.24, 2.45) is 5.41 Å². The molecule has 1 N–H and O–H groups in total. The largest absolute Gasteiger partial charge is 0.380 e. The third-order valence-corrected chi connectivity index (χ3v) is 4.42. The summed E-state index contributed by atoms with van der Waals surface area (Å²) in [6, 6.07) is 0.834. The van der Waals surface area contributed by atoms with E-state index in [1.165, 1.54) is 19.3 Å². The highest BCUT2D eigenvalue weighted by Gasteiger charge is 2.42. The van der Waals surface area contributed by atoms with Crippen LogP contribution >= 0.6 is 0 Å². The number of hydrogen-bond acceptors (Lipinski definition) is 3. The fraction of sp³-hybridized carbons (Fsp3) is 0.923. The number of nitrogens with one attached hydrogen (secondary N) is 1. The summed E-state index contributed by atoms with van der Waals surface area (Å²) in [6.45, 7) is 5.92. The zero-order valence-corrected chi connectivity index (χ0v) is 10.6. The second-order valence-electron chi connectivity index (χ2n) is 6.15. The standard InChI is InChI=1S/C13H22N2O2/c1-13(8-17-9-13)7-14-10-6-12(16)15-5-3-2-4-11(10)15/h10-11,14H,2-9H2,1H3. The molecule has 2 unspecified atom stereocenters. The first-order chi connectivity index (χ1) is 8.18. The van der Waals surface area contributed by atoms with Crippen LogP contribution in [0.1, 0.15) is 32.6 Å². The fourth-order valence-corrected chi connectivity index (χ4v) is 3.27. The maximum absolute atomic E-state index is 11.9. The Hall–Kier alpha value is -0.610. The highest BCUT2D eigenvalue weighted by molar-refractivity contribution is 5.80. The first-order valence-electron chi connectivity index (χ1n) is 6.79. The van der Waals surface area contributed by atoms with E-state index in [9.17, 15) is 4.79 Å². The molecule has 96 valence electrons. The minimum atomic E-state index is 0.297. The van der Waals surface area contributed by atoms with Gasteiger partial charge in [0.05, 0.1) is 13.2 Å². The van der Waals surface area contributed by atoms with E-state index in [0.29, 0.717) is 29.8 Å². The van der Waals surface area contributed by atoms with Crippen LogP contribution in [0.25, 0.3) is 0 Å². The van der Waals surface area contributed by atoms with Gasteiger partial charge in [0.1, 0.15) is 0 Å². The molecule has 4 nitrogen and oxygen atoms in total. The number of rotatable bonds is 3. The second kappa shape index (κ2) is 4.25. The highest BCUT2D eigenvalue weighted by Crippen LogP contribution is 2.30. The summed E-state index contributed by atoms with van der Waals surface area (Å²) in [4.78, 5) is 14.0. The van der Waals surface area contributed by atoms with Crippen molar-refractivity contribution in [3.63, 3.8) is 0 Å². The molecule has 0 bridgehead atoms. The van der Waals surface area contributed by atoms with Crippen LogP contribution in [0.4, 0.5) is 0 Å². The Labute approximate surface area is 103 Å². The summed E-state index contributed by atoms with van der Waals surface area (Å²) in [6.07, 6.45) is 4.33. The van der Waals surface area contributed by atoms with Gasteiger partial charge >= 0.3 is 0 Å². The van der Waals surface area contributed by atoms with Crippen LogP contribution in [-0.2, 0) is 9.53 Å². The Morgan fingerprint density at radius 3 is 3.00 bits per heavy atom. The first-order valence-corrected chi connectivity index (χ1v) is 6.79. The lowest BCUT2D eigenvalue weighted by molar-refractivity contribution is -0.129. The smallest absolute Gasteiger partial charge is 0.224 e. The zero-order chi connectivity index (χ0) is 11.9. The van der Waals surface area contributed by atoms with E-state index >= 15 is 0 Å². The number of amides is 1. The topological polar surface area (TPSA) is 41.6 Å². The summed E-state index contributed by atoms with van der Waals surface area (Å²) >= 11 is 0. The average molecular weight is 238 g/mol. The van der Waals surface area contributed by atoms with E-state index in [2.05, 4.69) is 17.1 Å². The quantitative estimate of drug-likeness (QED) is 0.789. The number of fused-ring (bicyclic) bond motifs is 1. The molecule has 0 aromatic carbocycles. The van der Waals surface area contributed by atoms with Gasteiger partial charge in [0.15, 0.2) is 0 Å². The van der Waals surface area contributed by atoms with Crippen molar-refractivity contribution >= 4 is 5.91 Å². The third kappa shape index (κ3) is 2.08. The lowest BCUT2D eigenvalue weighted by Gasteiger charge is -2.40. The fourth-order valence-electron chi connectivity index (χ4n) is 3.27. The number of carbonyl (C=O) groups excluding carboxylic acids is 1. The molecule has 2 atom stereocenters. The van der Waals surface area contributed by atoms with E-state index in [-0.39, 0.29) is 0 Å². The second-order valence-corrected chi connectivity index (χ2v) is 6.15. The molecule has 0 aliphatic carbocycles. The van der Waals surface area contributed by atoms with Crippen LogP contribution in [0.5, 0.6) is 0 Å². The number of carbonyl (C=O) groups is 1. The van der Waals surface area contributed by atoms with Crippen molar-refractivity contribution in [1.29, 1.82) is 0 Å². The van der Waals surface area contributed by atoms with Crippen molar-refractivity contribution in [2.75, 3.05) is 26.3 Å². The molecular weight excluding hydrogens is 216 g/mol. The van der Waals surface area contributed by atoms with E-state index in [1.807, 2.05) is 0 Å². The van der Waals surface area contributed by atoms with Gasteiger partial charge in [0.25, 0.3) is 0 Å². The summed E-state index contributed by atoms with van der Waals surface area (Å²) in [5.74, 6) is 0.349. The summed E-state index contributed by atoms with van der Waals surface area (Å²) < 4.78 is 5.26. The Kier molecular flexibility index (Phi) is 2.87. The maximum atomic E-state index is 11.9. The number of ether oxygens (including phenoxy) is 1. The molecule has 3 aliphatic rings. The predicted molar refractivity (Wildman–Crippen MR) is 64.7 cm³/mol. The molecule has 3 heterocycles. The Balaban J connectivity index is 1.58. The molecule has 4 heteroatoms. The highest BCUT2D eigenvalue weighted by atomic mass is 16.5. The van der Waals surface area contributed by atoms with Crippen molar-refractivity contribution < 1.29 is 9.53 Å². The molecule has 3 saturated heterocycles. The first kappa shape index (κ1) is 11.5. The SMILES string of the molecule is CC1(CNC2CC(=O)N3CCCCC23)COC1. The van der Waals surface area contributed by atoms with Gasteiger partial charge in [0.2, 0.25) is 5.91 Å². The van der Waals surface area contributed by atoms with Gasteiger partial charge in [-0.15, -0.1) is 0 Å². The van der Waals surface area contributed by atoms with Gasteiger partial charge in [0, 0.05) is 37.0 Å². The van der Waals surface area contributed by atoms with E-state index < -0.39 is 0 Å². The molecule has 3 rings (SSSR count). The summed E-state index contributed by atoms with van der Waals surface area (Å²) in [5, 5.41) is 3.61. The van der Waals surface area contributed by atoms with Gasteiger partial charge in [-0.2, -0.15) is 0 Å². The lowest BCUT2D eigenvalue weighted by Crippen LogP contribution is -2.52. The monoisotopic (exact) mass is 238 g/mol. The number of piperidine rings is 1. The molecule has 0 aromatic rings. The number of hydrogen-bond donors (Lipinski definition) is 1. The molecule has 0 saturated carbocycles. The Morgan fingerprint density at radius 2 is 2.29 bits per heavy atom. The van der Waals surface area contributed by atoms with E-state index in [1.54, 1.807) is 0 Å². The molecule has 0 spiro atoms. The molecular formula is C13H22N2O2. The molecule has 3 aliphatic heterocycles. The van der Waals surface area contributed by atoms with Crippen molar-refractivity contribution in [2.45, 2.75) is 44.7 Å². The minimum absolute atomic E-state index is 0.297. The molecule has 17 heavy (non-hydrogen) atoms. The molecule has 0 radical (unpaired) electrons. The van der Waals surface area contributed by atoms with E-state index in [0.717, 1.165) is 26.3 Å². The van der Waals surface area contributed by atoms with Crippen LogP contribution < -0.4 is 5.32 Å². The van der Waals surface area contributed by atoms with Crippen LogP contribution in [0.3, 0.4) is 0 Å². The lowest BCUT2D eigenvalue weighted by atomic mass is 9.88. The van der Waals surface area contributed by atoms with Crippen molar-refractivity contribution in [1.82, 2.24) is 10.2 Å².